The van der Waals surface area contributed by atoms with Crippen LogP contribution in [0.1, 0.15) is 50.1 Å². The van der Waals surface area contributed by atoms with Crippen LogP contribution >= 0.6 is 0 Å². The number of nitrogens with one attached hydrogen (secondary N) is 1. The second kappa shape index (κ2) is 4.59. The van der Waals surface area contributed by atoms with E-state index in [1.165, 1.54) is 11.1 Å². The van der Waals surface area contributed by atoms with Crippen molar-refractivity contribution in [2.24, 2.45) is 0 Å². The third kappa shape index (κ3) is 2.81. The number of pyridine rings is 1. The molecule has 2 rings (SSSR count). The van der Waals surface area contributed by atoms with Gasteiger partial charge in [-0.05, 0) is 57.7 Å². The van der Waals surface area contributed by atoms with Gasteiger partial charge in [-0.3, -0.25) is 4.98 Å². The van der Waals surface area contributed by atoms with Gasteiger partial charge < -0.3 is 4.55 Å². The van der Waals surface area contributed by atoms with Gasteiger partial charge in [-0.25, -0.2) is 0 Å². The number of aryl methyl sites for hydroxylation is 2. The first-order valence-corrected chi connectivity index (χ1v) is 7.16. The fourth-order valence-corrected chi connectivity index (χ4v) is 2.90. The summed E-state index contributed by atoms with van der Waals surface area (Å²) in [6.07, 6.45) is 4.00. The highest BCUT2D eigenvalue weighted by Crippen LogP contribution is 2.32. The van der Waals surface area contributed by atoms with Crippen molar-refractivity contribution in [1.29, 1.82) is 0 Å². The second-order valence-corrected chi connectivity index (χ2v) is 7.61. The summed E-state index contributed by atoms with van der Waals surface area (Å²) in [4.78, 5) is 4.33. The van der Waals surface area contributed by atoms with Gasteiger partial charge in [0.15, 0.2) is 0 Å². The zero-order chi connectivity index (χ0) is 12.6. The molecule has 0 bridgehead atoms. The molecule has 0 radical (unpaired) electrons. The Morgan fingerprint density at radius 1 is 1.47 bits per heavy atom. The van der Waals surface area contributed by atoms with Crippen LogP contribution in [0.3, 0.4) is 0 Å². The number of hydrogen-bond acceptors (Lipinski definition) is 3. The molecule has 0 spiro atoms. The first-order valence-electron chi connectivity index (χ1n) is 6.01. The van der Waals surface area contributed by atoms with Crippen LogP contribution in [0.25, 0.3) is 0 Å². The molecule has 1 aromatic rings. The lowest BCUT2D eigenvalue weighted by Crippen LogP contribution is -2.40. The van der Waals surface area contributed by atoms with Gasteiger partial charge in [0.05, 0.1) is 6.04 Å². The molecule has 1 unspecified atom stereocenters. The summed E-state index contributed by atoms with van der Waals surface area (Å²) in [5.74, 6) is 0. The van der Waals surface area contributed by atoms with E-state index in [9.17, 15) is 4.55 Å². The van der Waals surface area contributed by atoms with Crippen molar-refractivity contribution in [2.75, 3.05) is 0 Å². The fourth-order valence-electron chi connectivity index (χ4n) is 2.04. The van der Waals surface area contributed by atoms with Crippen LogP contribution in [0.2, 0.25) is 0 Å². The zero-order valence-electron chi connectivity index (χ0n) is 10.9. The Labute approximate surface area is 106 Å². The molecule has 94 valence electrons. The Balaban J connectivity index is 2.12. The number of nitrogens with zero attached hydrogens (tertiary/aromatic N) is 1. The summed E-state index contributed by atoms with van der Waals surface area (Å²) in [7, 11) is 0. The molecule has 1 aliphatic rings. The van der Waals surface area contributed by atoms with Crippen LogP contribution in [-0.2, 0) is 17.8 Å². The zero-order valence-corrected chi connectivity index (χ0v) is 11.7. The van der Waals surface area contributed by atoms with E-state index in [1.807, 2.05) is 33.9 Å². The summed E-state index contributed by atoms with van der Waals surface area (Å²) in [6, 6.07) is 2.33. The van der Waals surface area contributed by atoms with Crippen molar-refractivity contribution in [1.82, 2.24) is 9.71 Å². The number of hydrogen-bond donors (Lipinski definition) is 1. The van der Waals surface area contributed by atoms with Gasteiger partial charge in [-0.2, -0.15) is 0 Å². The molecule has 4 heteroatoms. The Hall–Kier alpha value is -0.580. The van der Waals surface area contributed by atoms with Crippen molar-refractivity contribution in [3.63, 3.8) is 0 Å². The van der Waals surface area contributed by atoms with Gasteiger partial charge in [0.1, 0.15) is 4.75 Å². The van der Waals surface area contributed by atoms with E-state index in [0.29, 0.717) is 0 Å². The minimum Gasteiger partial charge on any atom is -0.598 e. The molecular weight excluding hydrogens is 232 g/mol. The van der Waals surface area contributed by atoms with Crippen molar-refractivity contribution in [3.8, 4) is 0 Å². The minimum absolute atomic E-state index is 0.193. The molecule has 0 saturated heterocycles. The molecule has 1 aliphatic carbocycles. The van der Waals surface area contributed by atoms with E-state index in [1.54, 1.807) is 0 Å². The first kappa shape index (κ1) is 12.9. The van der Waals surface area contributed by atoms with E-state index in [4.69, 9.17) is 0 Å². The highest BCUT2D eigenvalue weighted by Gasteiger charge is 2.32. The van der Waals surface area contributed by atoms with Crippen molar-refractivity contribution < 1.29 is 4.55 Å². The average molecular weight is 252 g/mol. The van der Waals surface area contributed by atoms with Crippen LogP contribution in [-0.4, -0.2) is 14.3 Å². The van der Waals surface area contributed by atoms with Crippen LogP contribution < -0.4 is 4.72 Å². The SMILES string of the molecule is Cc1cc2c(cn1)[C@@H](N[S+]([O-])C(C)(C)C)CC2. The van der Waals surface area contributed by atoms with Crippen molar-refractivity contribution >= 4 is 11.4 Å². The predicted molar refractivity (Wildman–Crippen MR) is 71.1 cm³/mol. The molecule has 1 N–H and O–H groups in total. The van der Waals surface area contributed by atoms with Crippen molar-refractivity contribution in [3.05, 3.63) is 29.1 Å². The van der Waals surface area contributed by atoms with Gasteiger partial charge in [-0.1, -0.05) is 0 Å². The highest BCUT2D eigenvalue weighted by atomic mass is 32.2. The van der Waals surface area contributed by atoms with Gasteiger partial charge in [0.25, 0.3) is 0 Å². The molecule has 3 nitrogen and oxygen atoms in total. The fraction of sp³-hybridized carbons (Fsp3) is 0.615. The van der Waals surface area contributed by atoms with Gasteiger partial charge >= 0.3 is 0 Å². The monoisotopic (exact) mass is 252 g/mol. The molecule has 0 fully saturated rings. The molecule has 0 saturated carbocycles. The third-order valence-electron chi connectivity index (χ3n) is 3.04. The van der Waals surface area contributed by atoms with Crippen LogP contribution in [0.15, 0.2) is 12.3 Å². The first-order chi connectivity index (χ1) is 7.88. The lowest BCUT2D eigenvalue weighted by atomic mass is 10.1. The number of fused-ring (bicyclic) bond motifs is 1. The topological polar surface area (TPSA) is 48.0 Å². The smallest absolute Gasteiger partial charge is 0.136 e. The highest BCUT2D eigenvalue weighted by molar-refractivity contribution is 7.90. The molecule has 1 heterocycles. The molecular formula is C13H20N2OS. The summed E-state index contributed by atoms with van der Waals surface area (Å²) in [5.41, 5.74) is 3.62. The lowest BCUT2D eigenvalue weighted by Gasteiger charge is -2.26. The predicted octanol–water partition coefficient (Wildman–Crippen LogP) is 2.43. The summed E-state index contributed by atoms with van der Waals surface area (Å²) < 4.78 is 15.1. The second-order valence-electron chi connectivity index (χ2n) is 5.61. The number of aromatic nitrogens is 1. The molecule has 17 heavy (non-hydrogen) atoms. The van der Waals surface area contributed by atoms with E-state index >= 15 is 0 Å². The Bertz CT molecular complexity index is 414. The Morgan fingerprint density at radius 3 is 2.82 bits per heavy atom. The van der Waals surface area contributed by atoms with E-state index < -0.39 is 11.4 Å². The van der Waals surface area contributed by atoms with Crippen LogP contribution in [0, 0.1) is 6.92 Å². The van der Waals surface area contributed by atoms with E-state index in [-0.39, 0.29) is 10.8 Å². The maximum atomic E-state index is 12.1. The standard InChI is InChI=1S/C13H20N2OS/c1-9-7-10-5-6-12(11(10)8-14-9)15-17(16)13(2,3)4/h7-8,12,15H,5-6H2,1-4H3/t12-,17?/m0/s1. The van der Waals surface area contributed by atoms with E-state index in [2.05, 4.69) is 15.8 Å². The Morgan fingerprint density at radius 2 is 2.18 bits per heavy atom. The molecule has 0 aromatic carbocycles. The maximum Gasteiger partial charge on any atom is 0.136 e. The molecule has 0 aliphatic heterocycles. The molecule has 2 atom stereocenters. The average Bonchev–Trinajstić information content (AvgIpc) is 2.59. The summed E-state index contributed by atoms with van der Waals surface area (Å²) in [5, 5.41) is 0. The maximum absolute atomic E-state index is 12.1. The minimum atomic E-state index is -1.02. The van der Waals surface area contributed by atoms with Gasteiger partial charge in [0.2, 0.25) is 0 Å². The van der Waals surface area contributed by atoms with E-state index in [0.717, 1.165) is 18.5 Å². The number of rotatable bonds is 2. The van der Waals surface area contributed by atoms with Gasteiger partial charge in [0, 0.05) is 23.3 Å². The third-order valence-corrected chi connectivity index (χ3v) is 4.66. The van der Waals surface area contributed by atoms with Gasteiger partial charge in [-0.15, -0.1) is 4.72 Å². The van der Waals surface area contributed by atoms with Crippen LogP contribution in [0.4, 0.5) is 0 Å². The Kier molecular flexibility index (Phi) is 3.48. The van der Waals surface area contributed by atoms with Crippen molar-refractivity contribution in [2.45, 2.75) is 51.3 Å². The summed E-state index contributed by atoms with van der Waals surface area (Å²) >= 11 is -1.02. The molecule has 1 aromatic heterocycles. The lowest BCUT2D eigenvalue weighted by molar-refractivity contribution is 0.522. The summed E-state index contributed by atoms with van der Waals surface area (Å²) in [6.45, 7) is 7.96. The normalized spacial score (nSPS) is 21.4. The molecule has 0 amide bonds. The van der Waals surface area contributed by atoms with Crippen LogP contribution in [0.5, 0.6) is 0 Å². The largest absolute Gasteiger partial charge is 0.598 e. The quantitative estimate of drug-likeness (QED) is 0.822.